The highest BCUT2D eigenvalue weighted by Crippen LogP contribution is 2.20. The summed E-state index contributed by atoms with van der Waals surface area (Å²) in [5.41, 5.74) is 1.09. The second kappa shape index (κ2) is 6.35. The van der Waals surface area contributed by atoms with Crippen molar-refractivity contribution in [3.05, 3.63) is 60.2 Å². The van der Waals surface area contributed by atoms with E-state index in [1.54, 1.807) is 0 Å². The summed E-state index contributed by atoms with van der Waals surface area (Å²) in [5.74, 6) is 1.25. The fraction of sp³-hybridized carbons (Fsp3) is 0.353. The Morgan fingerprint density at radius 1 is 1.17 bits per heavy atom. The van der Waals surface area contributed by atoms with Gasteiger partial charge in [-0.15, -0.1) is 5.10 Å². The van der Waals surface area contributed by atoms with Crippen LogP contribution in [0.4, 0.5) is 4.79 Å². The second-order valence-corrected chi connectivity index (χ2v) is 6.88. The summed E-state index contributed by atoms with van der Waals surface area (Å²) in [6.45, 7) is 6.30. The highest BCUT2D eigenvalue weighted by Gasteiger charge is 2.22. The first-order chi connectivity index (χ1) is 11.4. The summed E-state index contributed by atoms with van der Waals surface area (Å²) in [7, 11) is 0. The van der Waals surface area contributed by atoms with Crippen LogP contribution < -0.4 is 0 Å². The molecule has 0 aliphatic carbocycles. The lowest BCUT2D eigenvalue weighted by atomic mass is 9.92. The maximum Gasteiger partial charge on any atom is 0.372 e. The maximum atomic E-state index is 12.6. The average molecular weight is 324 g/mol. The van der Waals surface area contributed by atoms with E-state index in [-0.39, 0.29) is 11.4 Å². The van der Waals surface area contributed by atoms with Gasteiger partial charge in [0.25, 0.3) is 0 Å². The Balaban J connectivity index is 1.94. The second-order valence-electron chi connectivity index (χ2n) is 6.88. The molecule has 7 nitrogen and oxygen atoms in total. The molecule has 0 fully saturated rings. The van der Waals surface area contributed by atoms with E-state index in [1.807, 2.05) is 30.3 Å². The molecule has 0 amide bonds. The largest absolute Gasteiger partial charge is 0.372 e. The number of carbonyl (C=O) groups is 1. The molecule has 2 aromatic heterocycles. The van der Waals surface area contributed by atoms with Gasteiger partial charge in [0.2, 0.25) is 0 Å². The summed E-state index contributed by atoms with van der Waals surface area (Å²) in [4.78, 5) is 21.0. The van der Waals surface area contributed by atoms with Crippen molar-refractivity contribution >= 4 is 6.03 Å². The molecular weight excluding hydrogens is 304 g/mol. The molecule has 0 aliphatic rings. The first-order valence-electron chi connectivity index (χ1n) is 7.80. The molecule has 0 atom stereocenters. The zero-order valence-electron chi connectivity index (χ0n) is 14.0. The highest BCUT2D eigenvalue weighted by molar-refractivity contribution is 5.77. The molecule has 3 rings (SSSR count). The first-order valence-corrected chi connectivity index (χ1v) is 7.80. The standard InChI is InChI=1S/C17H20N6O/c1-17(2,3)10-15-20-14(9-13-7-5-4-6-8-13)21-23(15)16(24)22-12-18-11-19-22/h4-8,11-12H,9-10H2,1-3H3. The monoisotopic (exact) mass is 324 g/mol. The Hall–Kier alpha value is -2.83. The van der Waals surface area contributed by atoms with E-state index in [1.165, 1.54) is 17.3 Å². The topological polar surface area (TPSA) is 78.5 Å². The van der Waals surface area contributed by atoms with Gasteiger partial charge in [0.1, 0.15) is 18.5 Å². The maximum absolute atomic E-state index is 12.6. The summed E-state index contributed by atoms with van der Waals surface area (Å²) >= 11 is 0. The van der Waals surface area contributed by atoms with E-state index < -0.39 is 0 Å². The SMILES string of the molecule is CC(C)(C)Cc1nc(Cc2ccccc2)nn1C(=O)n1cncn1. The van der Waals surface area contributed by atoms with E-state index >= 15 is 0 Å². The third-order valence-electron chi connectivity index (χ3n) is 3.41. The lowest BCUT2D eigenvalue weighted by molar-refractivity contribution is 0.236. The number of hydrogen-bond acceptors (Lipinski definition) is 5. The number of carbonyl (C=O) groups excluding carboxylic acids is 1. The minimum absolute atomic E-state index is 0.0164. The summed E-state index contributed by atoms with van der Waals surface area (Å²) in [6.07, 6.45) is 3.90. The van der Waals surface area contributed by atoms with Crippen molar-refractivity contribution in [2.45, 2.75) is 33.6 Å². The molecule has 24 heavy (non-hydrogen) atoms. The summed E-state index contributed by atoms with van der Waals surface area (Å²) < 4.78 is 2.49. The Labute approximate surface area is 140 Å². The lowest BCUT2D eigenvalue weighted by Crippen LogP contribution is -2.25. The van der Waals surface area contributed by atoms with E-state index in [9.17, 15) is 4.79 Å². The number of hydrogen-bond donors (Lipinski definition) is 0. The molecule has 0 N–H and O–H groups in total. The van der Waals surface area contributed by atoms with E-state index in [0.717, 1.165) is 10.2 Å². The minimum Gasteiger partial charge on any atom is -0.243 e. The van der Waals surface area contributed by atoms with Crippen molar-refractivity contribution < 1.29 is 4.79 Å². The zero-order valence-corrected chi connectivity index (χ0v) is 14.0. The Morgan fingerprint density at radius 2 is 1.92 bits per heavy atom. The summed E-state index contributed by atoms with van der Waals surface area (Å²) in [5, 5.41) is 8.30. The molecule has 0 unspecified atom stereocenters. The van der Waals surface area contributed by atoms with E-state index in [0.29, 0.717) is 24.5 Å². The Morgan fingerprint density at radius 3 is 2.54 bits per heavy atom. The Bertz CT molecular complexity index is 815. The molecule has 2 heterocycles. The quantitative estimate of drug-likeness (QED) is 0.740. The molecule has 124 valence electrons. The fourth-order valence-electron chi connectivity index (χ4n) is 2.39. The van der Waals surface area contributed by atoms with Crippen LogP contribution in [0.5, 0.6) is 0 Å². The predicted molar refractivity (Wildman–Crippen MR) is 88.6 cm³/mol. The van der Waals surface area contributed by atoms with Gasteiger partial charge in [-0.25, -0.2) is 14.8 Å². The van der Waals surface area contributed by atoms with Gasteiger partial charge in [0, 0.05) is 12.8 Å². The van der Waals surface area contributed by atoms with Crippen LogP contribution in [-0.4, -0.2) is 35.6 Å². The van der Waals surface area contributed by atoms with Crippen molar-refractivity contribution in [2.75, 3.05) is 0 Å². The number of benzene rings is 1. The minimum atomic E-state index is -0.376. The Kier molecular flexibility index (Phi) is 4.24. The zero-order chi connectivity index (χ0) is 17.2. The number of rotatable bonds is 3. The lowest BCUT2D eigenvalue weighted by Gasteiger charge is -2.16. The van der Waals surface area contributed by atoms with Crippen LogP contribution in [-0.2, 0) is 12.8 Å². The summed E-state index contributed by atoms with van der Waals surface area (Å²) in [6, 6.07) is 9.58. The molecule has 1 aromatic carbocycles. The molecule has 0 saturated heterocycles. The van der Waals surface area contributed by atoms with Crippen molar-refractivity contribution in [1.82, 2.24) is 29.5 Å². The van der Waals surface area contributed by atoms with Crippen molar-refractivity contribution in [3.8, 4) is 0 Å². The highest BCUT2D eigenvalue weighted by atomic mass is 16.2. The van der Waals surface area contributed by atoms with Crippen LogP contribution in [0, 0.1) is 5.41 Å². The van der Waals surface area contributed by atoms with Gasteiger partial charge in [-0.1, -0.05) is 51.1 Å². The van der Waals surface area contributed by atoms with Gasteiger partial charge in [-0.3, -0.25) is 0 Å². The predicted octanol–water partition coefficient (Wildman–Crippen LogP) is 2.57. The van der Waals surface area contributed by atoms with Gasteiger partial charge >= 0.3 is 6.03 Å². The van der Waals surface area contributed by atoms with Gasteiger partial charge < -0.3 is 0 Å². The van der Waals surface area contributed by atoms with E-state index in [2.05, 4.69) is 40.9 Å². The molecule has 0 spiro atoms. The molecular formula is C17H20N6O. The molecule has 3 aromatic rings. The van der Waals surface area contributed by atoms with Crippen LogP contribution in [0.15, 0.2) is 43.0 Å². The van der Waals surface area contributed by atoms with Crippen LogP contribution >= 0.6 is 0 Å². The molecule has 0 aliphatic heterocycles. The van der Waals surface area contributed by atoms with Crippen LogP contribution in [0.1, 0.15) is 38.0 Å². The normalized spacial score (nSPS) is 11.6. The first kappa shape index (κ1) is 16.0. The third kappa shape index (κ3) is 3.73. The van der Waals surface area contributed by atoms with Gasteiger partial charge in [0.05, 0.1) is 0 Å². The van der Waals surface area contributed by atoms with Crippen LogP contribution in [0.25, 0.3) is 0 Å². The molecule has 0 saturated carbocycles. The van der Waals surface area contributed by atoms with Crippen molar-refractivity contribution in [1.29, 1.82) is 0 Å². The van der Waals surface area contributed by atoms with Gasteiger partial charge in [0.15, 0.2) is 5.82 Å². The van der Waals surface area contributed by atoms with Gasteiger partial charge in [-0.05, 0) is 11.0 Å². The van der Waals surface area contributed by atoms with Crippen molar-refractivity contribution in [2.24, 2.45) is 5.41 Å². The molecule has 7 heteroatoms. The average Bonchev–Trinajstić information content (AvgIpc) is 3.16. The van der Waals surface area contributed by atoms with Crippen LogP contribution in [0.3, 0.4) is 0 Å². The molecule has 0 radical (unpaired) electrons. The van der Waals surface area contributed by atoms with Crippen LogP contribution in [0.2, 0.25) is 0 Å². The van der Waals surface area contributed by atoms with E-state index in [4.69, 9.17) is 0 Å². The van der Waals surface area contributed by atoms with Gasteiger partial charge in [-0.2, -0.15) is 14.5 Å². The number of nitrogens with zero attached hydrogens (tertiary/aromatic N) is 6. The fourth-order valence-corrected chi connectivity index (χ4v) is 2.39. The number of aromatic nitrogens is 6. The van der Waals surface area contributed by atoms with Crippen molar-refractivity contribution in [3.63, 3.8) is 0 Å². The molecule has 0 bridgehead atoms. The smallest absolute Gasteiger partial charge is 0.243 e. The third-order valence-corrected chi connectivity index (χ3v) is 3.41.